The monoisotopic (exact) mass is 602 g/mol. The zero-order chi connectivity index (χ0) is 30.7. The quantitative estimate of drug-likeness (QED) is 0.137. The number of hydrogen-bond donors (Lipinski definition) is 0. The van der Waals surface area contributed by atoms with Crippen LogP contribution in [0.2, 0.25) is 0 Å². The highest BCUT2D eigenvalue weighted by atomic mass is 19.2. The Bertz CT molecular complexity index is 1040. The lowest BCUT2D eigenvalue weighted by Gasteiger charge is -2.44. The van der Waals surface area contributed by atoms with E-state index in [4.69, 9.17) is 4.74 Å². The second-order valence-electron chi connectivity index (χ2n) is 13.5. The minimum Gasteiger partial charge on any atom is -0.381 e. The summed E-state index contributed by atoms with van der Waals surface area (Å²) in [6.45, 7) is 5.41. The summed E-state index contributed by atoms with van der Waals surface area (Å²) in [6.07, 6.45) is 17.9. The van der Waals surface area contributed by atoms with E-state index in [1.165, 1.54) is 25.0 Å². The van der Waals surface area contributed by atoms with Gasteiger partial charge in [0.05, 0.1) is 0 Å². The lowest BCUT2D eigenvalue weighted by atomic mass is 9.60. The van der Waals surface area contributed by atoms with Crippen molar-refractivity contribution in [2.24, 2.45) is 11.8 Å². The minimum absolute atomic E-state index is 0.351. The molecule has 0 bridgehead atoms. The molecule has 0 heterocycles. The molecule has 0 N–H and O–H groups in total. The standard InChI is InChI=1S/C38H54F4O/c1-3-23-37(29-15-7-5-8-16-29,31-19-11-21-33(39)35(31)41)25-13-27-43-28-14-26-38(24-4-2,30-17-9-6-10-18-30)32-20-12-22-34(40)36(32)42/h11-12,19-22,29-30H,3-10,13-18,23-28H2,1-2H3. The van der Waals surface area contributed by atoms with Gasteiger partial charge >= 0.3 is 0 Å². The number of benzene rings is 2. The fourth-order valence-corrected chi connectivity index (χ4v) is 9.11. The summed E-state index contributed by atoms with van der Waals surface area (Å²) in [7, 11) is 0. The zero-order valence-electron chi connectivity index (χ0n) is 26.7. The Balaban J connectivity index is 1.43. The van der Waals surface area contributed by atoms with Crippen molar-refractivity contribution in [2.45, 2.75) is 140 Å². The van der Waals surface area contributed by atoms with Crippen LogP contribution in [-0.4, -0.2) is 13.2 Å². The van der Waals surface area contributed by atoms with Crippen LogP contribution in [0, 0.1) is 35.1 Å². The van der Waals surface area contributed by atoms with Gasteiger partial charge in [-0.3, -0.25) is 0 Å². The highest BCUT2D eigenvalue weighted by Gasteiger charge is 2.43. The van der Waals surface area contributed by atoms with Crippen LogP contribution in [-0.2, 0) is 15.6 Å². The Morgan fingerprint density at radius 1 is 0.581 bits per heavy atom. The first kappa shape index (κ1) is 34.0. The van der Waals surface area contributed by atoms with Crippen molar-refractivity contribution in [3.05, 3.63) is 70.8 Å². The van der Waals surface area contributed by atoms with E-state index in [-0.39, 0.29) is 10.8 Å². The lowest BCUT2D eigenvalue weighted by molar-refractivity contribution is 0.0918. The highest BCUT2D eigenvalue weighted by molar-refractivity contribution is 5.31. The van der Waals surface area contributed by atoms with Crippen LogP contribution in [0.1, 0.15) is 141 Å². The Morgan fingerprint density at radius 3 is 1.35 bits per heavy atom. The van der Waals surface area contributed by atoms with Gasteiger partial charge in [-0.2, -0.15) is 0 Å². The van der Waals surface area contributed by atoms with Crippen molar-refractivity contribution < 1.29 is 22.3 Å². The highest BCUT2D eigenvalue weighted by Crippen LogP contribution is 2.50. The first-order valence-corrected chi connectivity index (χ1v) is 17.4. The lowest BCUT2D eigenvalue weighted by Crippen LogP contribution is -2.38. The van der Waals surface area contributed by atoms with E-state index >= 15 is 8.78 Å². The molecule has 0 amide bonds. The zero-order valence-corrected chi connectivity index (χ0v) is 26.7. The predicted octanol–water partition coefficient (Wildman–Crippen LogP) is 11.8. The summed E-state index contributed by atoms with van der Waals surface area (Å²) in [5.74, 6) is -2.17. The van der Waals surface area contributed by atoms with Gasteiger partial charge in [0.1, 0.15) is 0 Å². The molecule has 2 aliphatic carbocycles. The molecule has 2 unspecified atom stereocenters. The number of hydrogen-bond acceptors (Lipinski definition) is 1. The van der Waals surface area contributed by atoms with Crippen LogP contribution in [0.15, 0.2) is 36.4 Å². The molecular weight excluding hydrogens is 548 g/mol. The molecule has 2 aliphatic rings. The fourth-order valence-electron chi connectivity index (χ4n) is 9.11. The van der Waals surface area contributed by atoms with E-state index in [1.54, 1.807) is 12.1 Å². The SMILES string of the molecule is CCCC(CCCOCCCC(CCC)(c1cccc(F)c1F)C1CCCCC1)(c1cccc(F)c1F)C1CCCCC1. The summed E-state index contributed by atoms with van der Waals surface area (Å²) in [4.78, 5) is 0. The fraction of sp³-hybridized carbons (Fsp3) is 0.684. The van der Waals surface area contributed by atoms with Gasteiger partial charge in [-0.25, -0.2) is 17.6 Å². The van der Waals surface area contributed by atoms with Crippen molar-refractivity contribution in [1.82, 2.24) is 0 Å². The Labute approximate surface area is 258 Å². The van der Waals surface area contributed by atoms with E-state index in [9.17, 15) is 8.78 Å². The van der Waals surface area contributed by atoms with E-state index in [2.05, 4.69) is 13.8 Å². The van der Waals surface area contributed by atoms with E-state index < -0.39 is 23.3 Å². The Hall–Kier alpha value is -1.88. The first-order valence-electron chi connectivity index (χ1n) is 17.4. The maximum atomic E-state index is 15.3. The number of halogens is 4. The van der Waals surface area contributed by atoms with E-state index in [1.807, 2.05) is 12.1 Å². The molecule has 4 rings (SSSR count). The Kier molecular flexibility index (Phi) is 13.0. The molecule has 0 spiro atoms. The number of ether oxygens (including phenoxy) is 1. The van der Waals surface area contributed by atoms with E-state index in [0.717, 1.165) is 103 Å². The van der Waals surface area contributed by atoms with Crippen molar-refractivity contribution >= 4 is 0 Å². The first-order chi connectivity index (χ1) is 20.9. The van der Waals surface area contributed by atoms with Crippen LogP contribution in [0.3, 0.4) is 0 Å². The van der Waals surface area contributed by atoms with Gasteiger partial charge in [0.25, 0.3) is 0 Å². The summed E-state index contributed by atoms with van der Waals surface area (Å²) in [5, 5.41) is 0. The molecule has 240 valence electrons. The van der Waals surface area contributed by atoms with Gasteiger partial charge in [0, 0.05) is 24.0 Å². The predicted molar refractivity (Wildman–Crippen MR) is 168 cm³/mol. The maximum Gasteiger partial charge on any atom is 0.162 e. The molecule has 0 aromatic heterocycles. The third-order valence-electron chi connectivity index (χ3n) is 11.0. The summed E-state index contributed by atoms with van der Waals surface area (Å²) in [5.41, 5.74) is 0.346. The molecule has 2 fully saturated rings. The van der Waals surface area contributed by atoms with Gasteiger partial charge in [-0.1, -0.05) is 89.5 Å². The van der Waals surface area contributed by atoms with Crippen molar-refractivity contribution in [2.75, 3.05) is 13.2 Å². The van der Waals surface area contributed by atoms with E-state index in [0.29, 0.717) is 36.2 Å². The van der Waals surface area contributed by atoms with Gasteiger partial charge in [-0.15, -0.1) is 0 Å². The molecule has 1 nitrogen and oxygen atoms in total. The smallest absolute Gasteiger partial charge is 0.162 e. The average Bonchev–Trinajstić information content (AvgIpc) is 3.03. The minimum atomic E-state index is -0.756. The van der Waals surface area contributed by atoms with Gasteiger partial charge in [0.15, 0.2) is 23.3 Å². The topological polar surface area (TPSA) is 9.23 Å². The van der Waals surface area contributed by atoms with Crippen LogP contribution in [0.25, 0.3) is 0 Å². The molecule has 2 atom stereocenters. The molecule has 0 aliphatic heterocycles. The van der Waals surface area contributed by atoms with Crippen LogP contribution in [0.5, 0.6) is 0 Å². The van der Waals surface area contributed by atoms with Gasteiger partial charge < -0.3 is 4.74 Å². The molecule has 0 saturated heterocycles. The van der Waals surface area contributed by atoms with Gasteiger partial charge in [-0.05, 0) is 99.3 Å². The second-order valence-corrected chi connectivity index (χ2v) is 13.5. The van der Waals surface area contributed by atoms with Crippen LogP contribution >= 0.6 is 0 Å². The summed E-state index contributed by atoms with van der Waals surface area (Å²) in [6, 6.07) is 9.39. The third-order valence-corrected chi connectivity index (χ3v) is 11.0. The second kappa shape index (κ2) is 16.4. The molecule has 0 radical (unpaired) electrons. The molecule has 2 saturated carbocycles. The van der Waals surface area contributed by atoms with Crippen LogP contribution < -0.4 is 0 Å². The number of rotatable bonds is 16. The maximum absolute atomic E-state index is 15.3. The largest absolute Gasteiger partial charge is 0.381 e. The van der Waals surface area contributed by atoms with Crippen LogP contribution in [0.4, 0.5) is 17.6 Å². The van der Waals surface area contributed by atoms with Crippen molar-refractivity contribution in [3.8, 4) is 0 Å². The normalized spacial score (nSPS) is 19.7. The summed E-state index contributed by atoms with van der Waals surface area (Å²) < 4.78 is 65.7. The van der Waals surface area contributed by atoms with Crippen molar-refractivity contribution in [3.63, 3.8) is 0 Å². The molecule has 2 aromatic rings. The average molecular weight is 603 g/mol. The van der Waals surface area contributed by atoms with Crippen molar-refractivity contribution in [1.29, 1.82) is 0 Å². The molecule has 5 heteroatoms. The summed E-state index contributed by atoms with van der Waals surface area (Å²) >= 11 is 0. The molecule has 43 heavy (non-hydrogen) atoms. The van der Waals surface area contributed by atoms with Gasteiger partial charge in [0.2, 0.25) is 0 Å². The molecular formula is C38H54F4O. The third kappa shape index (κ3) is 7.86. The molecule has 2 aromatic carbocycles. The Morgan fingerprint density at radius 2 is 0.977 bits per heavy atom.